The second-order valence-electron chi connectivity index (χ2n) is 2.60. The van der Waals surface area contributed by atoms with Crippen molar-refractivity contribution in [3.8, 4) is 0 Å². The molecule has 6 heteroatoms. The van der Waals surface area contributed by atoms with Crippen LogP contribution in [0.25, 0.3) is 0 Å². The van der Waals surface area contributed by atoms with E-state index < -0.39 is 24.2 Å². The van der Waals surface area contributed by atoms with Gasteiger partial charge in [0.2, 0.25) is 5.91 Å². The number of amides is 1. The van der Waals surface area contributed by atoms with Gasteiger partial charge in [-0.3, -0.25) is 4.79 Å². The molecular weight excluding hydrogens is 182 g/mol. The molecule has 0 fully saturated rings. The highest BCUT2D eigenvalue weighted by molar-refractivity contribution is 5.82. The number of nitrogens with one attached hydrogen (secondary N) is 1. The zero-order valence-electron chi connectivity index (χ0n) is 7.37. The molecule has 1 amide bonds. The highest BCUT2D eigenvalue weighted by atomic mass is 19.3. The molecule has 0 heterocycles. The first-order chi connectivity index (χ1) is 6.04. The van der Waals surface area contributed by atoms with Gasteiger partial charge >= 0.3 is 0 Å². The predicted molar refractivity (Wildman–Crippen MR) is 43.0 cm³/mol. The molecule has 0 rings (SSSR count). The van der Waals surface area contributed by atoms with Gasteiger partial charge in [-0.1, -0.05) is 6.92 Å². The van der Waals surface area contributed by atoms with Crippen LogP contribution in [0.4, 0.5) is 8.78 Å². The molecule has 0 aromatic rings. The summed E-state index contributed by atoms with van der Waals surface area (Å²) in [6.45, 7) is 1.38. The van der Waals surface area contributed by atoms with Crippen molar-refractivity contribution in [2.45, 2.75) is 13.3 Å². The number of carbonyl (C=O) groups excluding carboxylic acids is 1. The Morgan fingerprint density at radius 2 is 2.15 bits per heavy atom. The van der Waals surface area contributed by atoms with Crippen molar-refractivity contribution in [1.29, 1.82) is 0 Å². The maximum Gasteiger partial charge on any atom is 0.250 e. The average molecular weight is 194 g/mol. The molecular formula is C7H12F2N2O2. The molecule has 0 spiro atoms. The topological polar surface area (TPSA) is 61.7 Å². The smallest absolute Gasteiger partial charge is 0.250 e. The Kier molecular flexibility index (Phi) is 4.94. The minimum atomic E-state index is -2.77. The largest absolute Gasteiger partial charge is 0.411 e. The van der Waals surface area contributed by atoms with E-state index in [0.29, 0.717) is 0 Å². The lowest BCUT2D eigenvalue weighted by Gasteiger charge is -2.17. The van der Waals surface area contributed by atoms with Crippen LogP contribution in [0.2, 0.25) is 0 Å². The summed E-state index contributed by atoms with van der Waals surface area (Å²) in [5, 5.41) is 12.9. The van der Waals surface area contributed by atoms with Gasteiger partial charge in [-0.15, -0.1) is 5.16 Å². The third kappa shape index (κ3) is 3.35. The third-order valence-corrected chi connectivity index (χ3v) is 1.69. The molecule has 0 aromatic carbocycles. The van der Waals surface area contributed by atoms with Crippen LogP contribution in [0.3, 0.4) is 0 Å². The highest BCUT2D eigenvalue weighted by Gasteiger charge is 2.32. The number of halogens is 2. The summed E-state index contributed by atoms with van der Waals surface area (Å²) in [5.41, 5.74) is 0. The van der Waals surface area contributed by atoms with Crippen LogP contribution in [-0.4, -0.2) is 30.8 Å². The minimum Gasteiger partial charge on any atom is -0.411 e. The van der Waals surface area contributed by atoms with Gasteiger partial charge in [0.15, 0.2) is 0 Å². The number of hydrogen-bond donors (Lipinski definition) is 2. The van der Waals surface area contributed by atoms with Gasteiger partial charge in [0, 0.05) is 19.2 Å². The molecule has 0 aliphatic heterocycles. The molecule has 2 atom stereocenters. The zero-order valence-corrected chi connectivity index (χ0v) is 7.37. The number of carbonyl (C=O) groups is 1. The molecule has 13 heavy (non-hydrogen) atoms. The first-order valence-electron chi connectivity index (χ1n) is 3.71. The van der Waals surface area contributed by atoms with E-state index in [9.17, 15) is 13.6 Å². The van der Waals surface area contributed by atoms with Gasteiger partial charge < -0.3 is 10.5 Å². The first-order valence-corrected chi connectivity index (χ1v) is 3.71. The summed E-state index contributed by atoms with van der Waals surface area (Å²) in [6, 6.07) is 0. The second-order valence-corrected chi connectivity index (χ2v) is 2.60. The number of alkyl halides is 2. The lowest BCUT2D eigenvalue weighted by molar-refractivity contribution is -0.130. The maximum absolute atomic E-state index is 12.3. The Balaban J connectivity index is 4.50. The molecule has 0 bridgehead atoms. The van der Waals surface area contributed by atoms with Gasteiger partial charge in [-0.05, 0) is 0 Å². The minimum absolute atomic E-state index is 0.762. The summed E-state index contributed by atoms with van der Waals surface area (Å²) in [4.78, 5) is 10.9. The Morgan fingerprint density at radius 3 is 2.46 bits per heavy atom. The van der Waals surface area contributed by atoms with Crippen LogP contribution in [0.15, 0.2) is 5.16 Å². The highest BCUT2D eigenvalue weighted by Crippen LogP contribution is 2.18. The summed E-state index contributed by atoms with van der Waals surface area (Å²) in [6.07, 6.45) is -1.86. The van der Waals surface area contributed by atoms with Crippen LogP contribution < -0.4 is 5.32 Å². The summed E-state index contributed by atoms with van der Waals surface area (Å²) in [5.74, 6) is -3.03. The Labute approximate surface area is 74.6 Å². The SMILES string of the molecule is CNC(=O)C(C(F)F)C(C)C=NO. The van der Waals surface area contributed by atoms with Gasteiger partial charge in [0.1, 0.15) is 5.92 Å². The predicted octanol–water partition coefficient (Wildman–Crippen LogP) is 0.710. The Hall–Kier alpha value is -1.20. The van der Waals surface area contributed by atoms with Gasteiger partial charge in [0.05, 0.1) is 0 Å². The van der Waals surface area contributed by atoms with E-state index in [1.807, 2.05) is 0 Å². The van der Waals surface area contributed by atoms with Gasteiger partial charge in [-0.25, -0.2) is 8.78 Å². The summed E-state index contributed by atoms with van der Waals surface area (Å²) >= 11 is 0. The third-order valence-electron chi connectivity index (χ3n) is 1.69. The summed E-state index contributed by atoms with van der Waals surface area (Å²) in [7, 11) is 1.28. The van der Waals surface area contributed by atoms with Crippen molar-refractivity contribution in [3.05, 3.63) is 0 Å². The van der Waals surface area contributed by atoms with Crippen LogP contribution in [0.5, 0.6) is 0 Å². The second kappa shape index (κ2) is 5.45. The van der Waals surface area contributed by atoms with Gasteiger partial charge in [-0.2, -0.15) is 0 Å². The van der Waals surface area contributed by atoms with E-state index in [1.165, 1.54) is 14.0 Å². The van der Waals surface area contributed by atoms with Crippen LogP contribution in [-0.2, 0) is 4.79 Å². The van der Waals surface area contributed by atoms with Crippen molar-refractivity contribution in [1.82, 2.24) is 5.32 Å². The van der Waals surface area contributed by atoms with Crippen LogP contribution in [0, 0.1) is 11.8 Å². The standard InChI is InChI=1S/C7H12F2N2O2/c1-4(3-11-13)5(6(8)9)7(12)10-2/h3-6,13H,1-2H3,(H,10,12). The fourth-order valence-corrected chi connectivity index (χ4v) is 0.947. The fraction of sp³-hybridized carbons (Fsp3) is 0.714. The monoisotopic (exact) mass is 194 g/mol. The van der Waals surface area contributed by atoms with E-state index in [4.69, 9.17) is 5.21 Å². The lowest BCUT2D eigenvalue weighted by Crippen LogP contribution is -2.37. The van der Waals surface area contributed by atoms with Crippen molar-refractivity contribution in [2.24, 2.45) is 17.0 Å². The van der Waals surface area contributed by atoms with Gasteiger partial charge in [0.25, 0.3) is 6.43 Å². The van der Waals surface area contributed by atoms with Crippen molar-refractivity contribution >= 4 is 12.1 Å². The van der Waals surface area contributed by atoms with E-state index in [1.54, 1.807) is 0 Å². The molecule has 0 saturated heterocycles. The number of rotatable bonds is 4. The normalized spacial score (nSPS) is 16.1. The first kappa shape index (κ1) is 11.8. The van der Waals surface area contributed by atoms with E-state index in [-0.39, 0.29) is 0 Å². The Bertz CT molecular complexity index is 197. The number of hydrogen-bond acceptors (Lipinski definition) is 3. The number of nitrogens with zero attached hydrogens (tertiary/aromatic N) is 1. The van der Waals surface area contributed by atoms with Crippen LogP contribution >= 0.6 is 0 Å². The van der Waals surface area contributed by atoms with Crippen molar-refractivity contribution in [3.63, 3.8) is 0 Å². The summed E-state index contributed by atoms with van der Waals surface area (Å²) < 4.78 is 24.6. The molecule has 0 aliphatic carbocycles. The maximum atomic E-state index is 12.3. The molecule has 2 N–H and O–H groups in total. The molecule has 0 radical (unpaired) electrons. The average Bonchev–Trinajstić information content (AvgIpc) is 2.04. The molecule has 76 valence electrons. The molecule has 2 unspecified atom stereocenters. The lowest BCUT2D eigenvalue weighted by atomic mass is 9.95. The molecule has 4 nitrogen and oxygen atoms in total. The Morgan fingerprint density at radius 1 is 1.62 bits per heavy atom. The molecule has 0 saturated carbocycles. The zero-order chi connectivity index (χ0) is 10.4. The number of oxime groups is 1. The molecule has 0 aliphatic rings. The molecule has 0 aromatic heterocycles. The van der Waals surface area contributed by atoms with Crippen LogP contribution in [0.1, 0.15) is 6.92 Å². The quantitative estimate of drug-likeness (QED) is 0.393. The van der Waals surface area contributed by atoms with E-state index in [2.05, 4.69) is 10.5 Å². The van der Waals surface area contributed by atoms with E-state index >= 15 is 0 Å². The fourth-order valence-electron chi connectivity index (χ4n) is 0.947. The van der Waals surface area contributed by atoms with E-state index in [0.717, 1.165) is 6.21 Å². The van der Waals surface area contributed by atoms with Crippen molar-refractivity contribution in [2.75, 3.05) is 7.05 Å². The van der Waals surface area contributed by atoms with Crippen molar-refractivity contribution < 1.29 is 18.8 Å².